The van der Waals surface area contributed by atoms with Crippen LogP contribution in [0.3, 0.4) is 0 Å². The zero-order chi connectivity index (χ0) is 21.0. The van der Waals surface area contributed by atoms with Crippen molar-refractivity contribution in [3.05, 3.63) is 52.5 Å². The van der Waals surface area contributed by atoms with Gasteiger partial charge in [-0.25, -0.2) is 8.42 Å². The molecule has 0 bridgehead atoms. The van der Waals surface area contributed by atoms with Gasteiger partial charge in [-0.3, -0.25) is 4.79 Å². The summed E-state index contributed by atoms with van der Waals surface area (Å²) in [6.45, 7) is 2.22. The number of nitrogens with zero attached hydrogens (tertiary/aromatic N) is 1. The molecular weight excluding hydrogens is 435 g/mol. The summed E-state index contributed by atoms with van der Waals surface area (Å²) in [5.74, 6) is -0.0421. The normalized spacial score (nSPS) is 17.7. The number of hydrogen-bond acceptors (Lipinski definition) is 4. The van der Waals surface area contributed by atoms with Gasteiger partial charge in [-0.1, -0.05) is 29.6 Å². The Kier molecular flexibility index (Phi) is 7.05. The second-order valence-electron chi connectivity index (χ2n) is 6.90. The third kappa shape index (κ3) is 5.42. The summed E-state index contributed by atoms with van der Waals surface area (Å²) in [7, 11) is -3.54. The number of halogens is 2. The molecule has 2 aromatic rings. The molecule has 0 radical (unpaired) electrons. The number of sulfonamides is 1. The summed E-state index contributed by atoms with van der Waals surface area (Å²) in [4.78, 5) is 12.3. The zero-order valence-electron chi connectivity index (χ0n) is 15.9. The van der Waals surface area contributed by atoms with Crippen molar-refractivity contribution in [3.8, 4) is 5.75 Å². The lowest BCUT2D eigenvalue weighted by Gasteiger charge is -2.32. The lowest BCUT2D eigenvalue weighted by Crippen LogP contribution is -2.41. The molecule has 3 rings (SSSR count). The van der Waals surface area contributed by atoms with Gasteiger partial charge in [0.1, 0.15) is 5.75 Å². The topological polar surface area (TPSA) is 75.7 Å². The number of hydrogen-bond donors (Lipinski definition) is 1. The van der Waals surface area contributed by atoms with Crippen molar-refractivity contribution < 1.29 is 17.9 Å². The molecular formula is C20H22Cl2N2O4S. The number of ether oxygens (including phenoxy) is 1. The molecule has 29 heavy (non-hydrogen) atoms. The van der Waals surface area contributed by atoms with Gasteiger partial charge >= 0.3 is 0 Å². The number of anilines is 1. The molecule has 0 unspecified atom stereocenters. The molecule has 1 aliphatic heterocycles. The lowest BCUT2D eigenvalue weighted by atomic mass is 10.1. The van der Waals surface area contributed by atoms with Crippen molar-refractivity contribution in [1.29, 1.82) is 0 Å². The Morgan fingerprint density at radius 1 is 1.17 bits per heavy atom. The number of nitrogens with one attached hydrogen (secondary N) is 1. The van der Waals surface area contributed by atoms with Gasteiger partial charge in [0.25, 0.3) is 5.91 Å². The standard InChI is InChI=1S/C20H22Cl2N2O4S/c1-14-4-2-3-11-24(14)29(26,27)17-8-6-16(7-9-17)23-20(25)13-28-19-10-5-15(21)12-18(19)22/h5-10,12,14H,2-4,11,13H2,1H3,(H,23,25)/t14-/m0/s1. The molecule has 0 saturated carbocycles. The van der Waals surface area contributed by atoms with E-state index in [4.69, 9.17) is 27.9 Å². The average molecular weight is 457 g/mol. The molecule has 1 N–H and O–H groups in total. The maximum Gasteiger partial charge on any atom is 0.262 e. The molecule has 1 atom stereocenters. The smallest absolute Gasteiger partial charge is 0.262 e. The summed E-state index contributed by atoms with van der Waals surface area (Å²) < 4.78 is 32.6. The highest BCUT2D eigenvalue weighted by molar-refractivity contribution is 7.89. The predicted octanol–water partition coefficient (Wildman–Crippen LogP) is 4.57. The van der Waals surface area contributed by atoms with Gasteiger partial charge < -0.3 is 10.1 Å². The van der Waals surface area contributed by atoms with E-state index < -0.39 is 15.9 Å². The Morgan fingerprint density at radius 3 is 2.55 bits per heavy atom. The molecule has 9 heteroatoms. The molecule has 1 aliphatic rings. The largest absolute Gasteiger partial charge is 0.482 e. The summed E-state index contributed by atoms with van der Waals surface area (Å²) >= 11 is 11.8. The molecule has 0 aliphatic carbocycles. The third-order valence-corrected chi connectivity index (χ3v) is 7.30. The first kappa shape index (κ1) is 21.9. The minimum Gasteiger partial charge on any atom is -0.482 e. The fourth-order valence-corrected chi connectivity index (χ4v) is 5.37. The van der Waals surface area contributed by atoms with Gasteiger partial charge in [-0.15, -0.1) is 0 Å². The Bertz CT molecular complexity index is 980. The van der Waals surface area contributed by atoms with Crippen LogP contribution in [0, 0.1) is 0 Å². The van der Waals surface area contributed by atoms with Crippen molar-refractivity contribution in [1.82, 2.24) is 4.31 Å². The summed E-state index contributed by atoms with van der Waals surface area (Å²) in [5, 5.41) is 3.45. The number of carbonyl (C=O) groups is 1. The van der Waals surface area contributed by atoms with Gasteiger partial charge in [-0.2, -0.15) is 4.31 Å². The Balaban J connectivity index is 1.60. The Morgan fingerprint density at radius 2 is 1.90 bits per heavy atom. The minimum absolute atomic E-state index is 0.00929. The Hall–Kier alpha value is -1.80. The van der Waals surface area contributed by atoms with E-state index in [0.29, 0.717) is 28.0 Å². The van der Waals surface area contributed by atoms with Crippen molar-refractivity contribution in [2.24, 2.45) is 0 Å². The van der Waals surface area contributed by atoms with E-state index >= 15 is 0 Å². The van der Waals surface area contributed by atoms with Crippen LogP contribution in [0.1, 0.15) is 26.2 Å². The quantitative estimate of drug-likeness (QED) is 0.690. The van der Waals surface area contributed by atoms with Crippen LogP contribution < -0.4 is 10.1 Å². The first-order chi connectivity index (χ1) is 13.8. The second kappa shape index (κ2) is 9.34. The fraction of sp³-hybridized carbons (Fsp3) is 0.350. The number of rotatable bonds is 6. The number of amides is 1. The van der Waals surface area contributed by atoms with E-state index in [0.717, 1.165) is 19.3 Å². The highest BCUT2D eigenvalue weighted by Crippen LogP contribution is 2.28. The highest BCUT2D eigenvalue weighted by atomic mass is 35.5. The Labute approximate surface area is 180 Å². The highest BCUT2D eigenvalue weighted by Gasteiger charge is 2.30. The van der Waals surface area contributed by atoms with Crippen LogP contribution in [0.4, 0.5) is 5.69 Å². The molecule has 1 heterocycles. The fourth-order valence-electron chi connectivity index (χ4n) is 3.21. The van der Waals surface area contributed by atoms with Crippen LogP contribution in [0.2, 0.25) is 10.0 Å². The van der Waals surface area contributed by atoms with Gasteiger partial charge in [0.05, 0.1) is 9.92 Å². The van der Waals surface area contributed by atoms with Crippen molar-refractivity contribution in [2.45, 2.75) is 37.1 Å². The van der Waals surface area contributed by atoms with E-state index in [1.165, 1.54) is 18.2 Å². The van der Waals surface area contributed by atoms with Crippen LogP contribution in [0.5, 0.6) is 5.75 Å². The predicted molar refractivity (Wildman–Crippen MR) is 114 cm³/mol. The average Bonchev–Trinajstić information content (AvgIpc) is 2.68. The van der Waals surface area contributed by atoms with Gasteiger partial charge in [0, 0.05) is 23.3 Å². The van der Waals surface area contributed by atoms with Gasteiger partial charge in [-0.05, 0) is 62.2 Å². The molecule has 6 nitrogen and oxygen atoms in total. The molecule has 1 fully saturated rings. The number of piperidine rings is 1. The van der Waals surface area contributed by atoms with Crippen molar-refractivity contribution in [2.75, 3.05) is 18.5 Å². The summed E-state index contributed by atoms with van der Waals surface area (Å²) in [6, 6.07) is 10.8. The van der Waals surface area contributed by atoms with Crippen LogP contribution in [-0.4, -0.2) is 37.8 Å². The maximum absolute atomic E-state index is 12.8. The van der Waals surface area contributed by atoms with Crippen LogP contribution >= 0.6 is 23.2 Å². The first-order valence-corrected chi connectivity index (χ1v) is 11.5. The zero-order valence-corrected chi connectivity index (χ0v) is 18.2. The first-order valence-electron chi connectivity index (χ1n) is 9.27. The second-order valence-corrected chi connectivity index (χ2v) is 9.63. The molecule has 0 spiro atoms. The van der Waals surface area contributed by atoms with E-state index in [1.807, 2.05) is 6.92 Å². The minimum atomic E-state index is -3.54. The van der Waals surface area contributed by atoms with Crippen molar-refractivity contribution >= 4 is 44.8 Å². The molecule has 1 saturated heterocycles. The van der Waals surface area contributed by atoms with Crippen molar-refractivity contribution in [3.63, 3.8) is 0 Å². The lowest BCUT2D eigenvalue weighted by molar-refractivity contribution is -0.118. The van der Waals surface area contributed by atoms with E-state index in [9.17, 15) is 13.2 Å². The SMILES string of the molecule is C[C@H]1CCCCN1S(=O)(=O)c1ccc(NC(=O)COc2ccc(Cl)cc2Cl)cc1. The van der Waals surface area contributed by atoms with E-state index in [1.54, 1.807) is 28.6 Å². The number of carbonyl (C=O) groups excluding carboxylic acids is 1. The molecule has 0 aromatic heterocycles. The summed E-state index contributed by atoms with van der Waals surface area (Å²) in [5.41, 5.74) is 0.478. The maximum atomic E-state index is 12.8. The van der Waals surface area contributed by atoms with E-state index in [-0.39, 0.29) is 17.5 Å². The number of benzene rings is 2. The monoisotopic (exact) mass is 456 g/mol. The van der Waals surface area contributed by atoms with Crippen LogP contribution in [-0.2, 0) is 14.8 Å². The summed E-state index contributed by atoms with van der Waals surface area (Å²) in [6.07, 6.45) is 2.78. The van der Waals surface area contributed by atoms with Gasteiger partial charge in [0.2, 0.25) is 10.0 Å². The van der Waals surface area contributed by atoms with Crippen LogP contribution in [0.15, 0.2) is 47.4 Å². The van der Waals surface area contributed by atoms with Gasteiger partial charge in [0.15, 0.2) is 6.61 Å². The van der Waals surface area contributed by atoms with E-state index in [2.05, 4.69) is 5.32 Å². The molecule has 156 valence electrons. The van der Waals surface area contributed by atoms with Crippen LogP contribution in [0.25, 0.3) is 0 Å². The third-order valence-electron chi connectivity index (χ3n) is 4.74. The molecule has 2 aromatic carbocycles. The molecule has 1 amide bonds.